The molecule has 1 amide bonds. The number of halogens is 1. The fourth-order valence-electron chi connectivity index (χ4n) is 1.09. The normalized spacial score (nSPS) is 12.3. The second-order valence-corrected chi connectivity index (χ2v) is 3.83. The number of nitrogens with zero attached hydrogens (tertiary/aromatic N) is 1. The number of thiol groups is 1. The largest absolute Gasteiger partial charge is 0.314 e. The summed E-state index contributed by atoms with van der Waals surface area (Å²) in [6.45, 7) is 1.68. The minimum absolute atomic E-state index is 0.154. The van der Waals surface area contributed by atoms with E-state index in [0.717, 1.165) is 0 Å². The third-order valence-electron chi connectivity index (χ3n) is 1.88. The molecule has 1 rings (SSSR count). The molecule has 0 fully saturated rings. The zero-order chi connectivity index (χ0) is 10.7. The monoisotopic (exact) mass is 213 g/mol. The lowest BCUT2D eigenvalue weighted by Crippen LogP contribution is -2.32. The number of carbonyl (C=O) groups is 1. The van der Waals surface area contributed by atoms with Gasteiger partial charge in [-0.1, -0.05) is 6.07 Å². The molecule has 1 unspecified atom stereocenters. The predicted octanol–water partition coefficient (Wildman–Crippen LogP) is 2.11. The van der Waals surface area contributed by atoms with Crippen LogP contribution < -0.4 is 4.90 Å². The van der Waals surface area contributed by atoms with Crippen molar-refractivity contribution in [1.29, 1.82) is 0 Å². The van der Waals surface area contributed by atoms with E-state index in [1.165, 1.54) is 17.0 Å². The first-order valence-corrected chi connectivity index (χ1v) is 4.75. The van der Waals surface area contributed by atoms with Crippen molar-refractivity contribution < 1.29 is 9.18 Å². The summed E-state index contributed by atoms with van der Waals surface area (Å²) in [5.41, 5.74) is 0.538. The summed E-state index contributed by atoms with van der Waals surface area (Å²) in [5.74, 6) is -0.507. The third-order valence-corrected chi connectivity index (χ3v) is 2.10. The predicted molar refractivity (Wildman–Crippen MR) is 58.3 cm³/mol. The topological polar surface area (TPSA) is 20.3 Å². The van der Waals surface area contributed by atoms with Gasteiger partial charge in [-0.2, -0.15) is 12.6 Å². The Kier molecular flexibility index (Phi) is 3.52. The molecule has 0 heterocycles. The number of benzene rings is 1. The Bertz CT molecular complexity index is 341. The molecule has 0 saturated carbocycles. The van der Waals surface area contributed by atoms with E-state index < -0.39 is 0 Å². The van der Waals surface area contributed by atoms with Gasteiger partial charge in [-0.3, -0.25) is 4.79 Å². The molecule has 0 bridgehead atoms. The molecule has 0 radical (unpaired) electrons. The van der Waals surface area contributed by atoms with Crippen LogP contribution in [0.3, 0.4) is 0 Å². The summed E-state index contributed by atoms with van der Waals surface area (Å²) in [4.78, 5) is 12.9. The number of anilines is 1. The molecule has 4 heteroatoms. The Hall–Kier alpha value is -1.03. The number of carbonyl (C=O) groups excluding carboxylic acids is 1. The summed E-state index contributed by atoms with van der Waals surface area (Å²) >= 11 is 4.02. The highest BCUT2D eigenvalue weighted by molar-refractivity contribution is 7.81. The van der Waals surface area contributed by atoms with Gasteiger partial charge in [0, 0.05) is 12.7 Å². The molecule has 1 aromatic rings. The minimum Gasteiger partial charge on any atom is -0.314 e. The molecule has 0 N–H and O–H groups in total. The fourth-order valence-corrected chi connectivity index (χ4v) is 1.27. The highest BCUT2D eigenvalue weighted by atomic mass is 32.1. The molecule has 2 nitrogen and oxygen atoms in total. The lowest BCUT2D eigenvalue weighted by molar-refractivity contribution is -0.117. The number of hydrogen-bond donors (Lipinski definition) is 1. The van der Waals surface area contributed by atoms with Crippen molar-refractivity contribution in [3.8, 4) is 0 Å². The van der Waals surface area contributed by atoms with E-state index in [1.54, 1.807) is 26.1 Å². The maximum Gasteiger partial charge on any atom is 0.239 e. The van der Waals surface area contributed by atoms with Crippen LogP contribution in [0.1, 0.15) is 6.92 Å². The van der Waals surface area contributed by atoms with E-state index in [9.17, 15) is 9.18 Å². The number of amides is 1. The van der Waals surface area contributed by atoms with Crippen molar-refractivity contribution in [1.82, 2.24) is 0 Å². The number of rotatable bonds is 2. The van der Waals surface area contributed by atoms with Gasteiger partial charge in [0.2, 0.25) is 5.91 Å². The van der Waals surface area contributed by atoms with Gasteiger partial charge >= 0.3 is 0 Å². The molecule has 0 aliphatic carbocycles. The van der Waals surface area contributed by atoms with E-state index in [4.69, 9.17) is 0 Å². The van der Waals surface area contributed by atoms with Crippen LogP contribution in [0, 0.1) is 5.82 Å². The standard InChI is InChI=1S/C10H12FNOS/c1-7(14)10(13)12(2)9-5-3-4-8(11)6-9/h3-7,14H,1-2H3. The van der Waals surface area contributed by atoms with Crippen LogP contribution in [0.15, 0.2) is 24.3 Å². The lowest BCUT2D eigenvalue weighted by atomic mass is 10.2. The molecule has 14 heavy (non-hydrogen) atoms. The summed E-state index contributed by atoms with van der Waals surface area (Å²) in [7, 11) is 1.60. The average Bonchev–Trinajstić information content (AvgIpc) is 2.15. The quantitative estimate of drug-likeness (QED) is 0.746. The van der Waals surface area contributed by atoms with Gasteiger partial charge in [0.15, 0.2) is 0 Å². The zero-order valence-corrected chi connectivity index (χ0v) is 8.96. The second kappa shape index (κ2) is 4.46. The van der Waals surface area contributed by atoms with Gasteiger partial charge in [-0.05, 0) is 25.1 Å². The van der Waals surface area contributed by atoms with Crippen LogP contribution in [-0.2, 0) is 4.79 Å². The first-order valence-electron chi connectivity index (χ1n) is 4.23. The SMILES string of the molecule is CC(S)C(=O)N(C)c1cccc(F)c1. The van der Waals surface area contributed by atoms with Gasteiger partial charge in [0.25, 0.3) is 0 Å². The van der Waals surface area contributed by atoms with E-state index in [1.807, 2.05) is 0 Å². The van der Waals surface area contributed by atoms with Gasteiger partial charge < -0.3 is 4.90 Å². The van der Waals surface area contributed by atoms with Crippen molar-refractivity contribution >= 4 is 24.2 Å². The van der Waals surface area contributed by atoms with E-state index >= 15 is 0 Å². The van der Waals surface area contributed by atoms with Crippen molar-refractivity contribution in [2.24, 2.45) is 0 Å². The molecule has 0 spiro atoms. The third kappa shape index (κ3) is 2.48. The Morgan fingerprint density at radius 1 is 1.57 bits per heavy atom. The highest BCUT2D eigenvalue weighted by Gasteiger charge is 2.15. The Balaban J connectivity index is 2.89. The Morgan fingerprint density at radius 3 is 2.71 bits per heavy atom. The van der Waals surface area contributed by atoms with Crippen LogP contribution in [0.2, 0.25) is 0 Å². The summed E-state index contributed by atoms with van der Waals surface area (Å²) in [5, 5.41) is -0.386. The van der Waals surface area contributed by atoms with Crippen molar-refractivity contribution in [3.05, 3.63) is 30.1 Å². The van der Waals surface area contributed by atoms with Crippen LogP contribution >= 0.6 is 12.6 Å². The maximum atomic E-state index is 12.8. The molecule has 76 valence electrons. The van der Waals surface area contributed by atoms with E-state index in [-0.39, 0.29) is 17.0 Å². The minimum atomic E-state index is -0.386. The summed E-state index contributed by atoms with van der Waals surface area (Å²) < 4.78 is 12.8. The van der Waals surface area contributed by atoms with Gasteiger partial charge in [-0.25, -0.2) is 4.39 Å². The lowest BCUT2D eigenvalue weighted by Gasteiger charge is -2.18. The molecular weight excluding hydrogens is 201 g/mol. The van der Waals surface area contributed by atoms with Crippen LogP contribution in [-0.4, -0.2) is 18.2 Å². The van der Waals surface area contributed by atoms with Crippen molar-refractivity contribution in [2.45, 2.75) is 12.2 Å². The van der Waals surface area contributed by atoms with E-state index in [2.05, 4.69) is 12.6 Å². The van der Waals surface area contributed by atoms with Gasteiger partial charge in [0.05, 0.1) is 5.25 Å². The summed E-state index contributed by atoms with van der Waals surface area (Å²) in [6.07, 6.45) is 0. The first kappa shape index (κ1) is 11.0. The average molecular weight is 213 g/mol. The first-order chi connectivity index (χ1) is 6.52. The van der Waals surface area contributed by atoms with Crippen LogP contribution in [0.4, 0.5) is 10.1 Å². The smallest absolute Gasteiger partial charge is 0.239 e. The van der Waals surface area contributed by atoms with Crippen LogP contribution in [0.5, 0.6) is 0 Å². The molecule has 1 aromatic carbocycles. The molecule has 1 atom stereocenters. The molecule has 0 aliphatic heterocycles. The number of hydrogen-bond acceptors (Lipinski definition) is 2. The van der Waals surface area contributed by atoms with Crippen molar-refractivity contribution in [2.75, 3.05) is 11.9 Å². The Morgan fingerprint density at radius 2 is 2.21 bits per heavy atom. The zero-order valence-electron chi connectivity index (χ0n) is 8.07. The highest BCUT2D eigenvalue weighted by Crippen LogP contribution is 2.15. The Labute approximate surface area is 88.1 Å². The van der Waals surface area contributed by atoms with Crippen molar-refractivity contribution in [3.63, 3.8) is 0 Å². The molecular formula is C10H12FNOS. The van der Waals surface area contributed by atoms with E-state index in [0.29, 0.717) is 5.69 Å². The van der Waals surface area contributed by atoms with Crippen LogP contribution in [0.25, 0.3) is 0 Å². The summed E-state index contributed by atoms with van der Waals surface area (Å²) in [6, 6.07) is 5.90. The molecule has 0 aliphatic rings. The van der Waals surface area contributed by atoms with Gasteiger partial charge in [0.1, 0.15) is 5.82 Å². The van der Waals surface area contributed by atoms with Gasteiger partial charge in [-0.15, -0.1) is 0 Å². The molecule has 0 aromatic heterocycles. The maximum absolute atomic E-state index is 12.8. The fraction of sp³-hybridized carbons (Fsp3) is 0.300. The second-order valence-electron chi connectivity index (χ2n) is 3.05. The molecule has 0 saturated heterocycles.